The number of carbonyl (C=O) groups excluding carboxylic acids is 2. The molecule has 2 aromatic carbocycles. The highest BCUT2D eigenvalue weighted by Crippen LogP contribution is 2.17. The summed E-state index contributed by atoms with van der Waals surface area (Å²) in [6.07, 6.45) is -0.551. The molecule has 0 radical (unpaired) electrons. The maximum absolute atomic E-state index is 12.3. The van der Waals surface area contributed by atoms with Gasteiger partial charge in [0.25, 0.3) is 0 Å². The summed E-state index contributed by atoms with van der Waals surface area (Å²) in [6.45, 7) is 1.71. The van der Waals surface area contributed by atoms with Crippen molar-refractivity contribution in [2.75, 3.05) is 23.1 Å². The Balaban J connectivity index is 1.97. The third-order valence-electron chi connectivity index (χ3n) is 3.40. The van der Waals surface area contributed by atoms with Gasteiger partial charge in [-0.25, -0.2) is 4.79 Å². The number of hydrogen-bond acceptors (Lipinski definition) is 5. The van der Waals surface area contributed by atoms with Crippen molar-refractivity contribution in [3.63, 3.8) is 0 Å². The second-order valence-electron chi connectivity index (χ2n) is 5.21. The van der Waals surface area contributed by atoms with Gasteiger partial charge in [0.2, 0.25) is 5.91 Å². The summed E-state index contributed by atoms with van der Waals surface area (Å²) in [7, 11) is 1.29. The molecule has 2 aromatic rings. The third-order valence-corrected chi connectivity index (χ3v) is 3.40. The van der Waals surface area contributed by atoms with Crippen molar-refractivity contribution >= 4 is 29.1 Å². The first-order valence-electron chi connectivity index (χ1n) is 7.55. The van der Waals surface area contributed by atoms with E-state index in [1.807, 2.05) is 6.07 Å². The Morgan fingerprint density at radius 2 is 1.68 bits per heavy atom. The van der Waals surface area contributed by atoms with Gasteiger partial charge in [-0.3, -0.25) is 10.1 Å². The van der Waals surface area contributed by atoms with Crippen molar-refractivity contribution in [3.05, 3.63) is 54.1 Å². The molecular formula is C18H18N4O3. The molecule has 0 aliphatic carbocycles. The molecule has 25 heavy (non-hydrogen) atoms. The number of carbonyl (C=O) groups is 2. The van der Waals surface area contributed by atoms with Gasteiger partial charge in [-0.1, -0.05) is 12.1 Å². The summed E-state index contributed by atoms with van der Waals surface area (Å²) >= 11 is 0. The number of para-hydroxylation sites is 1. The lowest BCUT2D eigenvalue weighted by molar-refractivity contribution is -0.116. The van der Waals surface area contributed by atoms with Gasteiger partial charge in [-0.05, 0) is 43.3 Å². The quantitative estimate of drug-likeness (QED) is 0.777. The van der Waals surface area contributed by atoms with Crippen molar-refractivity contribution in [1.29, 1.82) is 5.26 Å². The summed E-state index contributed by atoms with van der Waals surface area (Å²) in [5.41, 5.74) is 2.17. The Morgan fingerprint density at radius 1 is 1.04 bits per heavy atom. The number of hydrogen-bond donors (Lipinski definition) is 3. The first kappa shape index (κ1) is 17.8. The van der Waals surface area contributed by atoms with Crippen LogP contribution in [0.15, 0.2) is 48.5 Å². The van der Waals surface area contributed by atoms with E-state index in [4.69, 9.17) is 5.26 Å². The molecule has 2 rings (SSSR count). The summed E-state index contributed by atoms with van der Waals surface area (Å²) in [4.78, 5) is 23.4. The van der Waals surface area contributed by atoms with Crippen LogP contribution in [0.1, 0.15) is 12.5 Å². The fraction of sp³-hybridized carbons (Fsp3) is 0.167. The van der Waals surface area contributed by atoms with Crippen molar-refractivity contribution in [3.8, 4) is 6.07 Å². The molecule has 3 N–H and O–H groups in total. The highest BCUT2D eigenvalue weighted by molar-refractivity contribution is 5.97. The number of ether oxygens (including phenoxy) is 1. The van der Waals surface area contributed by atoms with E-state index in [1.165, 1.54) is 7.11 Å². The van der Waals surface area contributed by atoms with Crippen LogP contribution in [0, 0.1) is 11.3 Å². The average molecular weight is 338 g/mol. The molecule has 1 atom stereocenters. The summed E-state index contributed by atoms with van der Waals surface area (Å²) in [5.74, 6) is -0.264. The standard InChI is InChI=1S/C18H18N4O3/c1-12(17(23)22-16-6-4-3-5-13(16)11-19)20-14-7-9-15(10-8-14)21-18(24)25-2/h3-10,12,20H,1-2H3,(H,21,24)(H,22,23). The third kappa shape index (κ3) is 4.97. The highest BCUT2D eigenvalue weighted by Gasteiger charge is 2.14. The maximum Gasteiger partial charge on any atom is 0.411 e. The zero-order chi connectivity index (χ0) is 18.2. The molecule has 0 spiro atoms. The molecule has 0 aromatic heterocycles. The zero-order valence-electron chi connectivity index (χ0n) is 13.9. The largest absolute Gasteiger partial charge is 0.453 e. The molecule has 2 amide bonds. The van der Waals surface area contributed by atoms with Gasteiger partial charge >= 0.3 is 6.09 Å². The van der Waals surface area contributed by atoms with Gasteiger partial charge < -0.3 is 15.4 Å². The van der Waals surface area contributed by atoms with Gasteiger partial charge in [-0.2, -0.15) is 5.26 Å². The van der Waals surface area contributed by atoms with E-state index in [-0.39, 0.29) is 5.91 Å². The molecule has 7 nitrogen and oxygen atoms in total. The molecule has 0 heterocycles. The maximum atomic E-state index is 12.3. The van der Waals surface area contributed by atoms with Crippen LogP contribution in [0.3, 0.4) is 0 Å². The van der Waals surface area contributed by atoms with Gasteiger partial charge in [0.05, 0.1) is 18.4 Å². The number of nitriles is 1. The summed E-state index contributed by atoms with van der Waals surface area (Å²) in [5, 5.41) is 17.4. The number of anilines is 3. The van der Waals surface area contributed by atoms with Crippen LogP contribution in [-0.2, 0) is 9.53 Å². The second-order valence-corrected chi connectivity index (χ2v) is 5.21. The molecule has 0 aliphatic rings. The Morgan fingerprint density at radius 3 is 2.32 bits per heavy atom. The number of rotatable bonds is 5. The molecule has 0 fully saturated rings. The lowest BCUT2D eigenvalue weighted by Gasteiger charge is -2.16. The van der Waals surface area contributed by atoms with E-state index in [9.17, 15) is 9.59 Å². The van der Waals surface area contributed by atoms with Crippen LogP contribution in [0.2, 0.25) is 0 Å². The lowest BCUT2D eigenvalue weighted by Crippen LogP contribution is -2.32. The predicted octanol–water partition coefficient (Wildman–Crippen LogP) is 3.18. The van der Waals surface area contributed by atoms with Gasteiger partial charge in [-0.15, -0.1) is 0 Å². The molecule has 0 aliphatic heterocycles. The van der Waals surface area contributed by atoms with Crippen LogP contribution in [0.25, 0.3) is 0 Å². The first-order chi connectivity index (χ1) is 12.0. The molecule has 0 saturated heterocycles. The monoisotopic (exact) mass is 338 g/mol. The van der Waals surface area contributed by atoms with E-state index in [2.05, 4.69) is 20.7 Å². The van der Waals surface area contributed by atoms with Crippen molar-refractivity contribution in [1.82, 2.24) is 0 Å². The Hall–Kier alpha value is -3.53. The highest BCUT2D eigenvalue weighted by atomic mass is 16.5. The number of nitrogens with one attached hydrogen (secondary N) is 3. The SMILES string of the molecule is COC(=O)Nc1ccc(NC(C)C(=O)Nc2ccccc2C#N)cc1. The predicted molar refractivity (Wildman–Crippen MR) is 95.3 cm³/mol. The van der Waals surface area contributed by atoms with Gasteiger partial charge in [0, 0.05) is 11.4 Å². The van der Waals surface area contributed by atoms with Crippen LogP contribution in [0.4, 0.5) is 21.9 Å². The van der Waals surface area contributed by atoms with Crippen LogP contribution >= 0.6 is 0 Å². The zero-order valence-corrected chi connectivity index (χ0v) is 13.9. The number of benzene rings is 2. The molecule has 128 valence electrons. The second kappa shape index (κ2) is 8.36. The molecule has 7 heteroatoms. The fourth-order valence-electron chi connectivity index (χ4n) is 2.06. The molecule has 0 bridgehead atoms. The lowest BCUT2D eigenvalue weighted by atomic mass is 10.2. The Kier molecular flexibility index (Phi) is 5.96. The minimum atomic E-state index is -0.551. The van der Waals surface area contributed by atoms with Crippen LogP contribution < -0.4 is 16.0 Å². The summed E-state index contributed by atoms with van der Waals surface area (Å²) < 4.78 is 4.51. The smallest absolute Gasteiger partial charge is 0.411 e. The van der Waals surface area contributed by atoms with Gasteiger partial charge in [0.1, 0.15) is 12.1 Å². The van der Waals surface area contributed by atoms with E-state index in [0.717, 1.165) is 0 Å². The normalized spacial score (nSPS) is 10.9. The van der Waals surface area contributed by atoms with Crippen LogP contribution in [-0.4, -0.2) is 25.2 Å². The average Bonchev–Trinajstić information content (AvgIpc) is 2.63. The van der Waals surface area contributed by atoms with Crippen molar-refractivity contribution in [2.24, 2.45) is 0 Å². The van der Waals surface area contributed by atoms with E-state index in [1.54, 1.807) is 55.5 Å². The topological polar surface area (TPSA) is 103 Å². The summed E-state index contributed by atoms with van der Waals surface area (Å²) in [6, 6.07) is 15.2. The van der Waals surface area contributed by atoms with Crippen LogP contribution in [0.5, 0.6) is 0 Å². The molecule has 1 unspecified atom stereocenters. The van der Waals surface area contributed by atoms with Gasteiger partial charge in [0.15, 0.2) is 0 Å². The number of methoxy groups -OCH3 is 1. The Labute approximate surface area is 145 Å². The van der Waals surface area contributed by atoms with Crippen molar-refractivity contribution in [2.45, 2.75) is 13.0 Å². The van der Waals surface area contributed by atoms with E-state index >= 15 is 0 Å². The first-order valence-corrected chi connectivity index (χ1v) is 7.55. The van der Waals surface area contributed by atoms with E-state index in [0.29, 0.717) is 22.6 Å². The fourth-order valence-corrected chi connectivity index (χ4v) is 2.06. The molecular weight excluding hydrogens is 320 g/mol. The minimum absolute atomic E-state index is 0.264. The molecule has 0 saturated carbocycles. The Bertz CT molecular complexity index is 797. The number of amides is 2. The van der Waals surface area contributed by atoms with E-state index < -0.39 is 12.1 Å². The minimum Gasteiger partial charge on any atom is -0.453 e. The number of nitrogens with zero attached hydrogens (tertiary/aromatic N) is 1. The van der Waals surface area contributed by atoms with Crippen molar-refractivity contribution < 1.29 is 14.3 Å².